The molecule has 25 heavy (non-hydrogen) atoms. The van der Waals surface area contributed by atoms with E-state index < -0.39 is 0 Å². The van der Waals surface area contributed by atoms with E-state index in [0.29, 0.717) is 0 Å². The summed E-state index contributed by atoms with van der Waals surface area (Å²) in [5.41, 5.74) is 4.40. The molecule has 6 nitrogen and oxygen atoms in total. The number of aryl methyl sites for hydroxylation is 1. The lowest BCUT2D eigenvalue weighted by molar-refractivity contribution is 0.333. The Morgan fingerprint density at radius 3 is 2.84 bits per heavy atom. The number of hydrogen-bond donors (Lipinski definition) is 3. The number of pyridine rings is 1. The first-order valence-electron chi connectivity index (χ1n) is 8.80. The Hall–Kier alpha value is -2.60. The monoisotopic (exact) mass is 338 g/mol. The predicted octanol–water partition coefficient (Wildman–Crippen LogP) is 3.47. The highest BCUT2D eigenvalue weighted by atomic mass is 15.2. The molecule has 0 bridgehead atoms. The number of hydrogen-bond acceptors (Lipinski definition) is 5. The summed E-state index contributed by atoms with van der Waals surface area (Å²) in [7, 11) is 0. The molecular weight excluding hydrogens is 312 g/mol. The molecule has 0 radical (unpaired) electrons. The summed E-state index contributed by atoms with van der Waals surface area (Å²) in [4.78, 5) is 7.10. The van der Waals surface area contributed by atoms with Gasteiger partial charge >= 0.3 is 0 Å². The first kappa shape index (κ1) is 17.2. The molecule has 3 N–H and O–H groups in total. The molecule has 2 aromatic heterocycles. The van der Waals surface area contributed by atoms with Gasteiger partial charge in [0.05, 0.1) is 29.5 Å². The van der Waals surface area contributed by atoms with Gasteiger partial charge in [-0.15, -0.1) is 0 Å². The summed E-state index contributed by atoms with van der Waals surface area (Å²) in [6, 6.07) is 4.12. The maximum atomic E-state index is 4.56. The number of H-pyrrole nitrogens is 1. The Balaban J connectivity index is 1.50. The standard InChI is InChI=1S/C19H26N6/c1-3-20-18-14-22-24-19(18)15(2)23-17-9-8-16(21-13-17)7-6-12-25-10-4-5-11-25/h3,8-9,13-14,20,23H,1-2,4-7,10-12H2,(H,22,24). The van der Waals surface area contributed by atoms with Crippen LogP contribution in [0.2, 0.25) is 0 Å². The quantitative estimate of drug-likeness (QED) is 0.653. The van der Waals surface area contributed by atoms with Gasteiger partial charge in [0, 0.05) is 5.69 Å². The van der Waals surface area contributed by atoms with E-state index in [1.165, 1.54) is 32.5 Å². The molecule has 6 heteroatoms. The Morgan fingerprint density at radius 2 is 2.12 bits per heavy atom. The third-order valence-electron chi connectivity index (χ3n) is 4.42. The van der Waals surface area contributed by atoms with Crippen LogP contribution < -0.4 is 10.6 Å². The fourth-order valence-electron chi connectivity index (χ4n) is 3.11. The topological polar surface area (TPSA) is 68.9 Å². The van der Waals surface area contributed by atoms with Crippen LogP contribution in [-0.4, -0.2) is 39.7 Å². The second-order valence-electron chi connectivity index (χ2n) is 6.30. The predicted molar refractivity (Wildman–Crippen MR) is 103 cm³/mol. The summed E-state index contributed by atoms with van der Waals surface area (Å²) in [5, 5.41) is 13.2. The first-order valence-corrected chi connectivity index (χ1v) is 8.80. The van der Waals surface area contributed by atoms with Crippen LogP contribution in [0.3, 0.4) is 0 Å². The van der Waals surface area contributed by atoms with Gasteiger partial charge in [0.2, 0.25) is 0 Å². The van der Waals surface area contributed by atoms with Gasteiger partial charge in [-0.1, -0.05) is 13.2 Å². The van der Waals surface area contributed by atoms with Crippen LogP contribution in [0.4, 0.5) is 11.4 Å². The Bertz CT molecular complexity index is 697. The molecule has 1 saturated heterocycles. The van der Waals surface area contributed by atoms with Gasteiger partial charge in [0.1, 0.15) is 5.69 Å². The van der Waals surface area contributed by atoms with Crippen molar-refractivity contribution in [2.24, 2.45) is 0 Å². The fourth-order valence-corrected chi connectivity index (χ4v) is 3.11. The summed E-state index contributed by atoms with van der Waals surface area (Å²) in [5.74, 6) is 0. The molecule has 2 aromatic rings. The largest absolute Gasteiger partial charge is 0.359 e. The zero-order valence-electron chi connectivity index (χ0n) is 14.6. The van der Waals surface area contributed by atoms with Crippen molar-refractivity contribution >= 4 is 17.1 Å². The summed E-state index contributed by atoms with van der Waals surface area (Å²) in [6.07, 6.45) is 10.0. The normalized spacial score (nSPS) is 14.4. The van der Waals surface area contributed by atoms with Gasteiger partial charge in [0.15, 0.2) is 0 Å². The molecule has 1 aliphatic heterocycles. The zero-order valence-corrected chi connectivity index (χ0v) is 14.6. The highest BCUT2D eigenvalue weighted by molar-refractivity contribution is 5.79. The van der Waals surface area contributed by atoms with Crippen molar-refractivity contribution in [2.75, 3.05) is 30.3 Å². The minimum Gasteiger partial charge on any atom is -0.359 e. The van der Waals surface area contributed by atoms with Gasteiger partial charge in [-0.3, -0.25) is 10.1 Å². The van der Waals surface area contributed by atoms with Crippen molar-refractivity contribution in [2.45, 2.75) is 25.7 Å². The van der Waals surface area contributed by atoms with Crippen molar-refractivity contribution in [3.63, 3.8) is 0 Å². The molecule has 3 rings (SSSR count). The maximum Gasteiger partial charge on any atom is 0.104 e. The number of anilines is 2. The van der Waals surface area contributed by atoms with E-state index in [1.54, 1.807) is 12.4 Å². The van der Waals surface area contributed by atoms with Crippen LogP contribution in [0.5, 0.6) is 0 Å². The van der Waals surface area contributed by atoms with Crippen LogP contribution in [0.15, 0.2) is 43.9 Å². The van der Waals surface area contributed by atoms with Crippen molar-refractivity contribution in [3.8, 4) is 0 Å². The van der Waals surface area contributed by atoms with Crippen LogP contribution >= 0.6 is 0 Å². The van der Waals surface area contributed by atoms with Gasteiger partial charge < -0.3 is 15.5 Å². The maximum absolute atomic E-state index is 4.56. The highest BCUT2D eigenvalue weighted by Crippen LogP contribution is 2.21. The van der Waals surface area contributed by atoms with Crippen LogP contribution in [0.25, 0.3) is 5.70 Å². The third kappa shape index (κ3) is 4.70. The van der Waals surface area contributed by atoms with E-state index in [2.05, 4.69) is 49.9 Å². The van der Waals surface area contributed by atoms with Crippen molar-refractivity contribution in [1.82, 2.24) is 20.1 Å². The van der Waals surface area contributed by atoms with E-state index >= 15 is 0 Å². The molecule has 0 aliphatic carbocycles. The highest BCUT2D eigenvalue weighted by Gasteiger charge is 2.11. The Labute approximate surface area is 149 Å². The van der Waals surface area contributed by atoms with E-state index in [4.69, 9.17) is 0 Å². The van der Waals surface area contributed by atoms with Crippen molar-refractivity contribution < 1.29 is 0 Å². The summed E-state index contributed by atoms with van der Waals surface area (Å²) >= 11 is 0. The number of rotatable bonds is 9. The molecule has 0 aromatic carbocycles. The van der Waals surface area contributed by atoms with E-state index in [9.17, 15) is 0 Å². The van der Waals surface area contributed by atoms with Gasteiger partial charge in [-0.25, -0.2) is 0 Å². The van der Waals surface area contributed by atoms with Gasteiger partial charge in [0.25, 0.3) is 0 Å². The van der Waals surface area contributed by atoms with Crippen molar-refractivity contribution in [1.29, 1.82) is 0 Å². The molecule has 0 unspecified atom stereocenters. The molecule has 0 spiro atoms. The fraction of sp³-hybridized carbons (Fsp3) is 0.368. The molecule has 3 heterocycles. The van der Waals surface area contributed by atoms with Crippen LogP contribution in [-0.2, 0) is 6.42 Å². The first-order chi connectivity index (χ1) is 12.3. The lowest BCUT2D eigenvalue weighted by Gasteiger charge is -2.14. The minimum atomic E-state index is 0.727. The van der Waals surface area contributed by atoms with Crippen molar-refractivity contribution in [3.05, 3.63) is 55.3 Å². The molecule has 1 fully saturated rings. The number of aromatic nitrogens is 3. The summed E-state index contributed by atoms with van der Waals surface area (Å²) < 4.78 is 0. The van der Waals surface area contributed by atoms with E-state index in [1.807, 2.05) is 12.3 Å². The van der Waals surface area contributed by atoms with Gasteiger partial charge in [-0.2, -0.15) is 5.10 Å². The molecule has 0 amide bonds. The van der Waals surface area contributed by atoms with E-state index in [-0.39, 0.29) is 0 Å². The van der Waals surface area contributed by atoms with Crippen LogP contribution in [0, 0.1) is 0 Å². The smallest absolute Gasteiger partial charge is 0.104 e. The molecule has 0 atom stereocenters. The lowest BCUT2D eigenvalue weighted by atomic mass is 10.2. The van der Waals surface area contributed by atoms with Gasteiger partial charge in [-0.05, 0) is 63.7 Å². The van der Waals surface area contributed by atoms with E-state index in [0.717, 1.165) is 41.3 Å². The zero-order chi connectivity index (χ0) is 17.5. The Kier molecular flexibility index (Phi) is 5.85. The molecule has 132 valence electrons. The average molecular weight is 338 g/mol. The minimum absolute atomic E-state index is 0.727. The third-order valence-corrected chi connectivity index (χ3v) is 4.42. The average Bonchev–Trinajstić information content (AvgIpc) is 3.28. The number of nitrogens with one attached hydrogen (secondary N) is 3. The second kappa shape index (κ2) is 8.48. The number of likely N-dealkylation sites (tertiary alicyclic amines) is 1. The lowest BCUT2D eigenvalue weighted by Crippen LogP contribution is -2.20. The number of aromatic amines is 1. The van der Waals surface area contributed by atoms with Crippen LogP contribution in [0.1, 0.15) is 30.7 Å². The summed E-state index contributed by atoms with van der Waals surface area (Å²) in [6.45, 7) is 11.4. The second-order valence-corrected chi connectivity index (χ2v) is 6.30. The molecular formula is C19H26N6. The number of nitrogens with zero attached hydrogens (tertiary/aromatic N) is 3. The molecule has 0 saturated carbocycles. The Morgan fingerprint density at radius 1 is 1.28 bits per heavy atom. The molecule has 1 aliphatic rings. The SMILES string of the molecule is C=CNc1cn[nH]c1C(=C)Nc1ccc(CCCN2CCCC2)nc1.